The quantitative estimate of drug-likeness (QED) is 0.616. The van der Waals surface area contributed by atoms with Crippen molar-refractivity contribution in [2.75, 3.05) is 26.9 Å². The molecule has 1 saturated carbocycles. The van der Waals surface area contributed by atoms with Gasteiger partial charge in [-0.1, -0.05) is 0 Å². The summed E-state index contributed by atoms with van der Waals surface area (Å²) in [5, 5.41) is 13.0. The van der Waals surface area contributed by atoms with E-state index in [4.69, 9.17) is 9.47 Å². The smallest absolute Gasteiger partial charge is 0.0897 e. The van der Waals surface area contributed by atoms with Crippen LogP contribution in [-0.4, -0.2) is 50.2 Å². The van der Waals surface area contributed by atoms with Crippen LogP contribution in [0.15, 0.2) is 0 Å². The molecule has 0 aromatic carbocycles. The molecule has 3 unspecified atom stereocenters. The largest absolute Gasteiger partial charge is 0.389 e. The second-order valence-corrected chi connectivity index (χ2v) is 4.79. The molecule has 0 aromatic heterocycles. The van der Waals surface area contributed by atoms with Crippen LogP contribution >= 0.6 is 0 Å². The van der Waals surface area contributed by atoms with Gasteiger partial charge in [0.1, 0.15) is 0 Å². The van der Waals surface area contributed by atoms with Crippen molar-refractivity contribution in [3.05, 3.63) is 0 Å². The van der Waals surface area contributed by atoms with Crippen LogP contribution in [0.25, 0.3) is 0 Å². The summed E-state index contributed by atoms with van der Waals surface area (Å²) in [6, 6.07) is 0.519. The molecule has 1 aliphatic carbocycles. The Morgan fingerprint density at radius 1 is 1.31 bits per heavy atom. The SMILES string of the molecule is COCC(C)OCC(O)CNC(C)C1CC1. The maximum absolute atomic E-state index is 9.69. The van der Waals surface area contributed by atoms with Gasteiger partial charge >= 0.3 is 0 Å². The Kier molecular flexibility index (Phi) is 6.28. The number of aliphatic hydroxyl groups excluding tert-OH is 1. The van der Waals surface area contributed by atoms with Crippen molar-refractivity contribution in [3.63, 3.8) is 0 Å². The average Bonchev–Trinajstić information content (AvgIpc) is 3.07. The fourth-order valence-corrected chi connectivity index (χ4v) is 1.70. The highest BCUT2D eigenvalue weighted by molar-refractivity contribution is 4.83. The lowest BCUT2D eigenvalue weighted by atomic mass is 10.2. The Labute approximate surface area is 98.3 Å². The number of nitrogens with one attached hydrogen (secondary N) is 1. The van der Waals surface area contributed by atoms with Crippen LogP contribution in [0.2, 0.25) is 0 Å². The lowest BCUT2D eigenvalue weighted by Gasteiger charge is -2.18. The molecule has 16 heavy (non-hydrogen) atoms. The molecule has 4 heteroatoms. The molecule has 96 valence electrons. The Balaban J connectivity index is 1.99. The van der Waals surface area contributed by atoms with E-state index in [0.717, 1.165) is 5.92 Å². The van der Waals surface area contributed by atoms with Gasteiger partial charge in [0.2, 0.25) is 0 Å². The van der Waals surface area contributed by atoms with Crippen molar-refractivity contribution in [1.29, 1.82) is 0 Å². The summed E-state index contributed by atoms with van der Waals surface area (Å²) in [5.74, 6) is 0.820. The molecule has 0 aliphatic heterocycles. The van der Waals surface area contributed by atoms with Crippen molar-refractivity contribution in [3.8, 4) is 0 Å². The van der Waals surface area contributed by atoms with Gasteiger partial charge in [0, 0.05) is 19.7 Å². The topological polar surface area (TPSA) is 50.7 Å². The van der Waals surface area contributed by atoms with Gasteiger partial charge in [-0.25, -0.2) is 0 Å². The standard InChI is InChI=1S/C12H25NO3/c1-9(7-15-3)16-8-12(14)6-13-10(2)11-4-5-11/h9-14H,4-8H2,1-3H3. The van der Waals surface area contributed by atoms with Crippen LogP contribution in [0.5, 0.6) is 0 Å². The highest BCUT2D eigenvalue weighted by atomic mass is 16.5. The molecular weight excluding hydrogens is 206 g/mol. The van der Waals surface area contributed by atoms with Crippen molar-refractivity contribution in [2.45, 2.75) is 44.9 Å². The predicted octanol–water partition coefficient (Wildman–Crippen LogP) is 0.787. The second kappa shape index (κ2) is 7.22. The van der Waals surface area contributed by atoms with E-state index in [1.807, 2.05) is 6.92 Å². The summed E-state index contributed by atoms with van der Waals surface area (Å²) in [6.45, 7) is 5.67. The van der Waals surface area contributed by atoms with Gasteiger partial charge in [-0.05, 0) is 32.6 Å². The number of hydrogen-bond donors (Lipinski definition) is 2. The highest BCUT2D eigenvalue weighted by Gasteiger charge is 2.27. The molecule has 0 radical (unpaired) electrons. The minimum Gasteiger partial charge on any atom is -0.389 e. The van der Waals surface area contributed by atoms with Gasteiger partial charge in [0.05, 0.1) is 25.4 Å². The van der Waals surface area contributed by atoms with E-state index >= 15 is 0 Å². The molecule has 1 fully saturated rings. The molecule has 0 spiro atoms. The fourth-order valence-electron chi connectivity index (χ4n) is 1.70. The third-order valence-electron chi connectivity index (χ3n) is 2.98. The number of hydrogen-bond acceptors (Lipinski definition) is 4. The Morgan fingerprint density at radius 3 is 2.56 bits per heavy atom. The molecule has 0 heterocycles. The molecule has 1 rings (SSSR count). The predicted molar refractivity (Wildman–Crippen MR) is 63.5 cm³/mol. The van der Waals surface area contributed by atoms with Crippen molar-refractivity contribution in [1.82, 2.24) is 5.32 Å². The first-order chi connectivity index (χ1) is 7.63. The summed E-state index contributed by atoms with van der Waals surface area (Å²) in [4.78, 5) is 0. The van der Waals surface area contributed by atoms with Gasteiger partial charge in [-0.15, -0.1) is 0 Å². The summed E-state index contributed by atoms with van der Waals surface area (Å²) in [7, 11) is 1.65. The minimum absolute atomic E-state index is 0.0421. The zero-order chi connectivity index (χ0) is 12.0. The van der Waals surface area contributed by atoms with E-state index < -0.39 is 6.10 Å². The number of aliphatic hydroxyl groups is 1. The van der Waals surface area contributed by atoms with E-state index in [9.17, 15) is 5.11 Å². The van der Waals surface area contributed by atoms with Crippen molar-refractivity contribution in [2.24, 2.45) is 5.92 Å². The van der Waals surface area contributed by atoms with Crippen molar-refractivity contribution >= 4 is 0 Å². The van der Waals surface area contributed by atoms with E-state index in [2.05, 4.69) is 12.2 Å². The highest BCUT2D eigenvalue weighted by Crippen LogP contribution is 2.32. The summed E-state index contributed by atoms with van der Waals surface area (Å²) in [5.41, 5.74) is 0. The second-order valence-electron chi connectivity index (χ2n) is 4.79. The van der Waals surface area contributed by atoms with Crippen LogP contribution in [0, 0.1) is 5.92 Å². The van der Waals surface area contributed by atoms with Gasteiger partial charge < -0.3 is 19.9 Å². The number of rotatable bonds is 9. The van der Waals surface area contributed by atoms with Crippen LogP contribution in [-0.2, 0) is 9.47 Å². The Hall–Kier alpha value is -0.160. The third-order valence-corrected chi connectivity index (χ3v) is 2.98. The van der Waals surface area contributed by atoms with E-state index in [1.54, 1.807) is 7.11 Å². The van der Waals surface area contributed by atoms with E-state index in [0.29, 0.717) is 25.8 Å². The van der Waals surface area contributed by atoms with Gasteiger partial charge in [0.15, 0.2) is 0 Å². The maximum Gasteiger partial charge on any atom is 0.0897 e. The van der Waals surface area contributed by atoms with E-state index in [1.165, 1.54) is 12.8 Å². The van der Waals surface area contributed by atoms with Crippen LogP contribution in [0.4, 0.5) is 0 Å². The van der Waals surface area contributed by atoms with Gasteiger partial charge in [-0.3, -0.25) is 0 Å². The zero-order valence-electron chi connectivity index (χ0n) is 10.6. The lowest BCUT2D eigenvalue weighted by molar-refractivity contribution is -0.0316. The lowest BCUT2D eigenvalue weighted by Crippen LogP contribution is -2.37. The fraction of sp³-hybridized carbons (Fsp3) is 1.00. The first-order valence-electron chi connectivity index (χ1n) is 6.15. The van der Waals surface area contributed by atoms with Crippen molar-refractivity contribution < 1.29 is 14.6 Å². The van der Waals surface area contributed by atoms with Crippen LogP contribution in [0.3, 0.4) is 0 Å². The average molecular weight is 231 g/mol. The summed E-state index contributed by atoms with van der Waals surface area (Å²) >= 11 is 0. The molecule has 0 bridgehead atoms. The normalized spacial score (nSPS) is 21.8. The molecule has 1 aliphatic rings. The zero-order valence-corrected chi connectivity index (χ0v) is 10.6. The first kappa shape index (κ1) is 13.9. The van der Waals surface area contributed by atoms with Crippen LogP contribution in [0.1, 0.15) is 26.7 Å². The molecule has 4 nitrogen and oxygen atoms in total. The van der Waals surface area contributed by atoms with Gasteiger partial charge in [0.25, 0.3) is 0 Å². The first-order valence-corrected chi connectivity index (χ1v) is 6.15. The third kappa shape index (κ3) is 5.80. The molecular formula is C12H25NO3. The van der Waals surface area contributed by atoms with Crippen LogP contribution < -0.4 is 5.32 Å². The summed E-state index contributed by atoms with van der Waals surface area (Å²) < 4.78 is 10.4. The number of methoxy groups -OCH3 is 1. The maximum atomic E-state index is 9.69. The molecule has 0 saturated heterocycles. The molecule has 0 amide bonds. The van der Waals surface area contributed by atoms with Gasteiger partial charge in [-0.2, -0.15) is 0 Å². The monoisotopic (exact) mass is 231 g/mol. The Bertz CT molecular complexity index is 185. The molecule has 2 N–H and O–H groups in total. The van der Waals surface area contributed by atoms with E-state index in [-0.39, 0.29) is 6.10 Å². The summed E-state index contributed by atoms with van der Waals surface area (Å²) in [6.07, 6.45) is 2.26. The molecule has 0 aromatic rings. The minimum atomic E-state index is -0.430. The number of ether oxygens (including phenoxy) is 2. The molecule has 3 atom stereocenters. The Morgan fingerprint density at radius 2 is 2.00 bits per heavy atom.